The number of amides is 1. The van der Waals surface area contributed by atoms with Gasteiger partial charge in [0.2, 0.25) is 5.91 Å². The third-order valence-corrected chi connectivity index (χ3v) is 5.29. The Labute approximate surface area is 165 Å². The lowest BCUT2D eigenvalue weighted by atomic mass is 9.81. The first-order valence-electron chi connectivity index (χ1n) is 7.98. The third-order valence-electron chi connectivity index (χ3n) is 4.38. The maximum atomic E-state index is 12.4. The van der Waals surface area contributed by atoms with Crippen LogP contribution in [0.4, 0.5) is 0 Å². The Kier molecular flexibility index (Phi) is 10.9. The number of nitrogens with zero attached hydrogens (tertiary/aromatic N) is 2. The Morgan fingerprint density at radius 2 is 1.88 bits per heavy atom. The molecule has 0 bridgehead atoms. The van der Waals surface area contributed by atoms with Crippen molar-refractivity contribution in [3.63, 3.8) is 0 Å². The summed E-state index contributed by atoms with van der Waals surface area (Å²) in [6.45, 7) is 4.99. The van der Waals surface area contributed by atoms with E-state index in [9.17, 15) is 4.79 Å². The molecular weight excluding hydrogens is 379 g/mol. The van der Waals surface area contributed by atoms with E-state index in [0.717, 1.165) is 35.5 Å². The largest absolute Gasteiger partial charge is 0.355 e. The van der Waals surface area contributed by atoms with Gasteiger partial charge in [0.15, 0.2) is 0 Å². The summed E-state index contributed by atoms with van der Waals surface area (Å²) < 4.78 is 0. The second-order valence-corrected chi connectivity index (χ2v) is 6.50. The van der Waals surface area contributed by atoms with Crippen LogP contribution in [-0.4, -0.2) is 29.0 Å². The van der Waals surface area contributed by atoms with E-state index in [4.69, 9.17) is 5.73 Å². The molecule has 140 valence electrons. The Balaban J connectivity index is 0.00000288. The highest BCUT2D eigenvalue weighted by molar-refractivity contribution is 7.09. The fraction of sp³-hybridized carbons (Fsp3) is 0.471. The van der Waals surface area contributed by atoms with Crippen molar-refractivity contribution in [2.45, 2.75) is 33.1 Å². The lowest BCUT2D eigenvalue weighted by molar-refractivity contribution is -0.131. The van der Waals surface area contributed by atoms with Gasteiger partial charge < -0.3 is 11.1 Å². The highest BCUT2D eigenvalue weighted by atomic mass is 35.5. The minimum atomic E-state index is -0.439. The molecule has 0 radical (unpaired) electrons. The molecule has 0 saturated heterocycles. The summed E-state index contributed by atoms with van der Waals surface area (Å²) in [4.78, 5) is 21.0. The first-order valence-corrected chi connectivity index (χ1v) is 8.86. The molecule has 0 unspecified atom stereocenters. The van der Waals surface area contributed by atoms with Gasteiger partial charge in [0.1, 0.15) is 0 Å². The number of nitrogens with one attached hydrogen (secondary N) is 1. The maximum Gasteiger partial charge on any atom is 0.227 e. The summed E-state index contributed by atoms with van der Waals surface area (Å²) in [5.41, 5.74) is 7.38. The molecule has 2 aromatic rings. The van der Waals surface area contributed by atoms with Crippen LogP contribution in [0, 0.1) is 5.41 Å². The van der Waals surface area contributed by atoms with Crippen LogP contribution in [0.1, 0.15) is 31.7 Å². The third kappa shape index (κ3) is 5.92. The zero-order valence-electron chi connectivity index (χ0n) is 14.5. The number of carbonyl (C=O) groups is 1. The fourth-order valence-electron chi connectivity index (χ4n) is 2.50. The van der Waals surface area contributed by atoms with Gasteiger partial charge in [-0.2, -0.15) is 0 Å². The minimum absolute atomic E-state index is 0. The predicted octanol–water partition coefficient (Wildman–Crippen LogP) is 3.47. The van der Waals surface area contributed by atoms with Crippen LogP contribution in [0.15, 0.2) is 29.9 Å². The number of halogens is 2. The van der Waals surface area contributed by atoms with Crippen LogP contribution in [0.2, 0.25) is 0 Å². The fourth-order valence-corrected chi connectivity index (χ4v) is 3.31. The van der Waals surface area contributed by atoms with Crippen molar-refractivity contribution in [2.24, 2.45) is 11.1 Å². The van der Waals surface area contributed by atoms with Crippen molar-refractivity contribution in [1.29, 1.82) is 0 Å². The van der Waals surface area contributed by atoms with E-state index in [0.29, 0.717) is 13.1 Å². The van der Waals surface area contributed by atoms with Crippen molar-refractivity contribution in [3.8, 4) is 11.3 Å². The minimum Gasteiger partial charge on any atom is -0.355 e. The number of pyridine rings is 1. The average Bonchev–Trinajstić information content (AvgIpc) is 3.07. The molecule has 0 saturated carbocycles. The lowest BCUT2D eigenvalue weighted by Crippen LogP contribution is -2.45. The van der Waals surface area contributed by atoms with E-state index in [1.165, 1.54) is 0 Å². The molecule has 0 fully saturated rings. The molecule has 5 nitrogen and oxygen atoms in total. The molecule has 0 atom stereocenters. The van der Waals surface area contributed by atoms with Crippen LogP contribution in [0.25, 0.3) is 11.3 Å². The van der Waals surface area contributed by atoms with Crippen molar-refractivity contribution in [2.75, 3.05) is 13.1 Å². The predicted molar refractivity (Wildman–Crippen MR) is 109 cm³/mol. The van der Waals surface area contributed by atoms with Crippen LogP contribution in [0.3, 0.4) is 0 Å². The molecular formula is C17H26Cl2N4OS. The first kappa shape index (κ1) is 23.8. The van der Waals surface area contributed by atoms with Crippen LogP contribution in [-0.2, 0) is 11.2 Å². The van der Waals surface area contributed by atoms with Gasteiger partial charge in [-0.3, -0.25) is 9.78 Å². The van der Waals surface area contributed by atoms with Crippen molar-refractivity contribution >= 4 is 42.1 Å². The number of hydrogen-bond donors (Lipinski definition) is 2. The van der Waals surface area contributed by atoms with Crippen molar-refractivity contribution in [3.05, 3.63) is 34.9 Å². The number of hydrogen-bond acceptors (Lipinski definition) is 5. The van der Waals surface area contributed by atoms with E-state index in [-0.39, 0.29) is 30.7 Å². The zero-order chi connectivity index (χ0) is 16.7. The topological polar surface area (TPSA) is 80.9 Å². The van der Waals surface area contributed by atoms with Crippen molar-refractivity contribution in [1.82, 2.24) is 15.3 Å². The van der Waals surface area contributed by atoms with Gasteiger partial charge >= 0.3 is 0 Å². The zero-order valence-corrected chi connectivity index (χ0v) is 17.0. The van der Waals surface area contributed by atoms with Gasteiger partial charge in [-0.05, 0) is 25.0 Å². The van der Waals surface area contributed by atoms with Gasteiger partial charge in [0, 0.05) is 42.8 Å². The smallest absolute Gasteiger partial charge is 0.227 e. The number of nitrogens with two attached hydrogens (primary N) is 1. The number of aromatic nitrogens is 2. The highest BCUT2D eigenvalue weighted by Crippen LogP contribution is 2.25. The summed E-state index contributed by atoms with van der Waals surface area (Å²) in [6.07, 6.45) is 5.77. The molecule has 2 heterocycles. The molecule has 2 rings (SSSR count). The quantitative estimate of drug-likeness (QED) is 0.705. The van der Waals surface area contributed by atoms with Gasteiger partial charge in [-0.25, -0.2) is 4.98 Å². The molecule has 2 aromatic heterocycles. The Hall–Kier alpha value is -1.21. The normalized spacial score (nSPS) is 10.5. The summed E-state index contributed by atoms with van der Waals surface area (Å²) in [5.74, 6) is 0.0518. The second kappa shape index (κ2) is 11.4. The molecule has 0 aliphatic rings. The Bertz CT molecular complexity index is 624. The van der Waals surface area contributed by atoms with E-state index < -0.39 is 5.41 Å². The maximum absolute atomic E-state index is 12.4. The number of rotatable bonds is 8. The Morgan fingerprint density at radius 3 is 2.44 bits per heavy atom. The average molecular weight is 405 g/mol. The molecule has 1 amide bonds. The molecule has 0 aromatic carbocycles. The van der Waals surface area contributed by atoms with Crippen LogP contribution in [0.5, 0.6) is 0 Å². The standard InChI is InChI=1S/C17H24N4OS.2ClH/c1-3-17(4-2,12-18)16(22)20-10-7-15-21-14(11-23-15)13-5-8-19-9-6-13;;/h5-6,8-9,11H,3-4,7,10,12,18H2,1-2H3,(H,20,22);2*1H. The van der Waals surface area contributed by atoms with E-state index >= 15 is 0 Å². The molecule has 8 heteroatoms. The van der Waals surface area contributed by atoms with Gasteiger partial charge in [-0.15, -0.1) is 36.2 Å². The lowest BCUT2D eigenvalue weighted by Gasteiger charge is -2.28. The molecule has 3 N–H and O–H groups in total. The summed E-state index contributed by atoms with van der Waals surface area (Å²) >= 11 is 1.61. The van der Waals surface area contributed by atoms with Gasteiger partial charge in [-0.1, -0.05) is 13.8 Å². The van der Waals surface area contributed by atoms with E-state index in [2.05, 4.69) is 15.3 Å². The number of carbonyl (C=O) groups excluding carboxylic acids is 1. The molecule has 0 aliphatic carbocycles. The van der Waals surface area contributed by atoms with Gasteiger partial charge in [0.05, 0.1) is 16.1 Å². The van der Waals surface area contributed by atoms with E-state index in [1.54, 1.807) is 23.7 Å². The summed E-state index contributed by atoms with van der Waals surface area (Å²) in [5, 5.41) is 6.07. The molecule has 0 aliphatic heterocycles. The molecule has 0 spiro atoms. The Morgan fingerprint density at radius 1 is 1.24 bits per heavy atom. The SMILES string of the molecule is CCC(CC)(CN)C(=O)NCCc1nc(-c2ccncc2)cs1.Cl.Cl. The second-order valence-electron chi connectivity index (χ2n) is 5.56. The monoisotopic (exact) mass is 404 g/mol. The first-order chi connectivity index (χ1) is 11.1. The van der Waals surface area contributed by atoms with Crippen LogP contribution < -0.4 is 11.1 Å². The van der Waals surface area contributed by atoms with Crippen LogP contribution >= 0.6 is 36.2 Å². The summed E-state index contributed by atoms with van der Waals surface area (Å²) in [6, 6.07) is 3.89. The van der Waals surface area contributed by atoms with E-state index in [1.807, 2.05) is 31.4 Å². The highest BCUT2D eigenvalue weighted by Gasteiger charge is 2.32. The van der Waals surface area contributed by atoms with Gasteiger partial charge in [0.25, 0.3) is 0 Å². The number of thiazole rings is 1. The molecule has 25 heavy (non-hydrogen) atoms. The summed E-state index contributed by atoms with van der Waals surface area (Å²) in [7, 11) is 0. The van der Waals surface area contributed by atoms with Crippen molar-refractivity contribution < 1.29 is 4.79 Å².